The largest absolute Gasteiger partial charge is 0.444 e. The van der Waals surface area contributed by atoms with Gasteiger partial charge in [-0.25, -0.2) is 4.79 Å². The van der Waals surface area contributed by atoms with Crippen LogP contribution in [0.3, 0.4) is 0 Å². The Morgan fingerprint density at radius 2 is 1.60 bits per heavy atom. The predicted molar refractivity (Wildman–Crippen MR) is 139 cm³/mol. The Kier molecular flexibility index (Phi) is 9.46. The summed E-state index contributed by atoms with van der Waals surface area (Å²) in [6, 6.07) is 12.2. The highest BCUT2D eigenvalue weighted by atomic mass is 16.6. The SMILES string of the molecule is CCC(C)N(C(=O)CNC(=O)OC(C)(C)C)C(C(=O)Nc1ccccc1C)c1cccc(C)c1C. The molecule has 2 aromatic rings. The van der Waals surface area contributed by atoms with Gasteiger partial charge >= 0.3 is 6.09 Å². The minimum Gasteiger partial charge on any atom is -0.444 e. The second kappa shape index (κ2) is 11.9. The Hall–Kier alpha value is -3.35. The fourth-order valence-corrected chi connectivity index (χ4v) is 3.80. The van der Waals surface area contributed by atoms with E-state index in [-0.39, 0.29) is 24.4 Å². The van der Waals surface area contributed by atoms with Crippen molar-refractivity contribution in [2.45, 2.75) is 79.5 Å². The summed E-state index contributed by atoms with van der Waals surface area (Å²) >= 11 is 0. The van der Waals surface area contributed by atoms with E-state index in [4.69, 9.17) is 4.74 Å². The van der Waals surface area contributed by atoms with Gasteiger partial charge in [0.1, 0.15) is 18.2 Å². The van der Waals surface area contributed by atoms with E-state index in [1.807, 2.05) is 77.1 Å². The highest BCUT2D eigenvalue weighted by Gasteiger charge is 2.35. The summed E-state index contributed by atoms with van der Waals surface area (Å²) in [5.74, 6) is -0.671. The zero-order valence-electron chi connectivity index (χ0n) is 22.2. The number of anilines is 1. The zero-order valence-corrected chi connectivity index (χ0v) is 22.2. The van der Waals surface area contributed by atoms with E-state index in [1.165, 1.54) is 0 Å². The Morgan fingerprint density at radius 3 is 2.20 bits per heavy atom. The van der Waals surface area contributed by atoms with Crippen LogP contribution in [0.2, 0.25) is 0 Å². The molecular weight excluding hydrogens is 442 g/mol. The van der Waals surface area contributed by atoms with Crippen LogP contribution in [0, 0.1) is 20.8 Å². The first-order chi connectivity index (χ1) is 16.4. The van der Waals surface area contributed by atoms with E-state index in [9.17, 15) is 14.4 Å². The van der Waals surface area contributed by atoms with Crippen LogP contribution in [-0.4, -0.2) is 41.0 Å². The number of para-hydroxylation sites is 1. The van der Waals surface area contributed by atoms with Crippen molar-refractivity contribution in [2.24, 2.45) is 0 Å². The van der Waals surface area contributed by atoms with E-state index in [2.05, 4.69) is 10.6 Å². The van der Waals surface area contributed by atoms with Gasteiger partial charge in [-0.1, -0.05) is 43.3 Å². The van der Waals surface area contributed by atoms with Gasteiger partial charge in [0.25, 0.3) is 5.91 Å². The smallest absolute Gasteiger partial charge is 0.408 e. The number of carbonyl (C=O) groups is 3. The molecule has 0 aliphatic rings. The second-order valence-corrected chi connectivity index (χ2v) is 9.91. The number of carbonyl (C=O) groups excluding carboxylic acids is 3. The van der Waals surface area contributed by atoms with Gasteiger partial charge in [-0.15, -0.1) is 0 Å². The van der Waals surface area contributed by atoms with Crippen molar-refractivity contribution in [3.63, 3.8) is 0 Å². The Bertz CT molecular complexity index is 1060. The number of alkyl carbamates (subject to hydrolysis) is 1. The molecule has 35 heavy (non-hydrogen) atoms. The summed E-state index contributed by atoms with van der Waals surface area (Å²) in [6.07, 6.45) is -0.0421. The van der Waals surface area contributed by atoms with Gasteiger partial charge in [-0.3, -0.25) is 9.59 Å². The molecule has 0 fully saturated rings. The van der Waals surface area contributed by atoms with Crippen LogP contribution in [0.25, 0.3) is 0 Å². The minimum atomic E-state index is -0.877. The number of hydrogen-bond acceptors (Lipinski definition) is 4. The Labute approximate surface area is 209 Å². The first-order valence-corrected chi connectivity index (χ1v) is 12.1. The summed E-state index contributed by atoms with van der Waals surface area (Å²) < 4.78 is 5.27. The third kappa shape index (κ3) is 7.57. The molecule has 2 N–H and O–H groups in total. The topological polar surface area (TPSA) is 87.7 Å². The number of benzene rings is 2. The number of nitrogens with one attached hydrogen (secondary N) is 2. The fourth-order valence-electron chi connectivity index (χ4n) is 3.80. The van der Waals surface area contributed by atoms with Gasteiger partial charge in [0.15, 0.2) is 0 Å². The van der Waals surface area contributed by atoms with Gasteiger partial charge in [0, 0.05) is 11.7 Å². The average Bonchev–Trinajstić information content (AvgIpc) is 2.78. The lowest BCUT2D eigenvalue weighted by molar-refractivity contribution is -0.140. The van der Waals surface area contributed by atoms with Crippen LogP contribution in [0.5, 0.6) is 0 Å². The molecule has 2 atom stereocenters. The summed E-state index contributed by atoms with van der Waals surface area (Å²) in [7, 11) is 0. The van der Waals surface area contributed by atoms with Crippen LogP contribution in [0.1, 0.15) is 69.3 Å². The molecule has 0 saturated carbocycles. The Balaban J connectivity index is 2.47. The van der Waals surface area contributed by atoms with E-state index >= 15 is 0 Å². The van der Waals surface area contributed by atoms with Crippen molar-refractivity contribution in [3.8, 4) is 0 Å². The highest BCUT2D eigenvalue weighted by Crippen LogP contribution is 2.30. The standard InChI is InChI=1S/C28H39N3O4/c1-9-20(4)31(24(32)17-29-27(34)35-28(6,7)8)25(22-15-12-14-18(2)21(22)5)26(33)30-23-16-11-10-13-19(23)3/h10-16,20,25H,9,17H2,1-8H3,(H,29,34)(H,30,33). The molecule has 2 unspecified atom stereocenters. The number of amides is 3. The number of ether oxygens (including phenoxy) is 1. The third-order valence-corrected chi connectivity index (χ3v) is 6.01. The molecule has 2 aromatic carbocycles. The molecule has 0 bridgehead atoms. The van der Waals surface area contributed by atoms with E-state index < -0.39 is 17.7 Å². The summed E-state index contributed by atoms with van der Waals surface area (Å²) in [5.41, 5.74) is 3.66. The van der Waals surface area contributed by atoms with Crippen molar-refractivity contribution in [3.05, 3.63) is 64.7 Å². The molecule has 3 amide bonds. The zero-order chi connectivity index (χ0) is 26.3. The molecule has 0 aromatic heterocycles. The molecule has 0 heterocycles. The van der Waals surface area contributed by atoms with E-state index in [1.54, 1.807) is 25.7 Å². The molecule has 0 spiro atoms. The first kappa shape index (κ1) is 27.9. The number of aryl methyl sites for hydroxylation is 2. The molecule has 7 heteroatoms. The normalized spacial score (nSPS) is 12.9. The number of nitrogens with zero attached hydrogens (tertiary/aromatic N) is 1. The number of rotatable bonds is 8. The first-order valence-electron chi connectivity index (χ1n) is 12.1. The van der Waals surface area contributed by atoms with Crippen molar-refractivity contribution in [1.82, 2.24) is 10.2 Å². The quantitative estimate of drug-likeness (QED) is 0.525. The van der Waals surface area contributed by atoms with Crippen LogP contribution < -0.4 is 10.6 Å². The fraction of sp³-hybridized carbons (Fsp3) is 0.464. The Morgan fingerprint density at radius 1 is 0.971 bits per heavy atom. The predicted octanol–water partition coefficient (Wildman–Crippen LogP) is 5.44. The van der Waals surface area contributed by atoms with Crippen molar-refractivity contribution < 1.29 is 19.1 Å². The van der Waals surface area contributed by atoms with Crippen LogP contribution in [0.4, 0.5) is 10.5 Å². The van der Waals surface area contributed by atoms with Crippen LogP contribution >= 0.6 is 0 Å². The van der Waals surface area contributed by atoms with Crippen LogP contribution in [0.15, 0.2) is 42.5 Å². The summed E-state index contributed by atoms with van der Waals surface area (Å²) in [5, 5.41) is 5.57. The maximum absolute atomic E-state index is 13.8. The molecule has 190 valence electrons. The summed E-state index contributed by atoms with van der Waals surface area (Å²) in [6.45, 7) is 14.7. The van der Waals surface area contributed by atoms with Crippen molar-refractivity contribution >= 4 is 23.6 Å². The molecular formula is C28H39N3O4. The lowest BCUT2D eigenvalue weighted by Crippen LogP contribution is -2.50. The maximum atomic E-state index is 13.8. The van der Waals surface area contributed by atoms with Crippen LogP contribution in [-0.2, 0) is 14.3 Å². The third-order valence-electron chi connectivity index (χ3n) is 6.01. The van der Waals surface area contributed by atoms with Gasteiger partial charge in [-0.2, -0.15) is 0 Å². The summed E-state index contributed by atoms with van der Waals surface area (Å²) in [4.78, 5) is 41.1. The minimum absolute atomic E-state index is 0.254. The molecule has 0 saturated heterocycles. The van der Waals surface area contributed by atoms with Crippen molar-refractivity contribution in [1.29, 1.82) is 0 Å². The van der Waals surface area contributed by atoms with E-state index in [0.29, 0.717) is 12.1 Å². The van der Waals surface area contributed by atoms with Crippen molar-refractivity contribution in [2.75, 3.05) is 11.9 Å². The number of hydrogen-bond donors (Lipinski definition) is 2. The van der Waals surface area contributed by atoms with Gasteiger partial charge < -0.3 is 20.3 Å². The lowest BCUT2D eigenvalue weighted by Gasteiger charge is -2.37. The average molecular weight is 482 g/mol. The van der Waals surface area contributed by atoms with Gasteiger partial charge in [0.05, 0.1) is 0 Å². The highest BCUT2D eigenvalue weighted by molar-refractivity contribution is 5.99. The molecule has 0 aliphatic heterocycles. The van der Waals surface area contributed by atoms with Gasteiger partial charge in [-0.05, 0) is 83.2 Å². The lowest BCUT2D eigenvalue weighted by atomic mass is 9.94. The molecule has 0 aliphatic carbocycles. The van der Waals surface area contributed by atoms with Gasteiger partial charge in [0.2, 0.25) is 5.91 Å². The molecule has 7 nitrogen and oxygen atoms in total. The van der Waals surface area contributed by atoms with E-state index in [0.717, 1.165) is 22.3 Å². The maximum Gasteiger partial charge on any atom is 0.408 e. The second-order valence-electron chi connectivity index (χ2n) is 9.91. The molecule has 0 radical (unpaired) electrons. The molecule has 2 rings (SSSR count). The monoisotopic (exact) mass is 481 g/mol.